The zero-order chi connectivity index (χ0) is 15.1. The monoisotopic (exact) mass is 294 g/mol. The van der Waals surface area contributed by atoms with Crippen LogP contribution in [0.15, 0.2) is 24.3 Å². The molecule has 116 valence electrons. The van der Waals surface area contributed by atoms with Gasteiger partial charge in [-0.3, -0.25) is 14.6 Å². The molecule has 0 spiro atoms. The third kappa shape index (κ3) is 5.44. The quantitative estimate of drug-likeness (QED) is 0.777. The van der Waals surface area contributed by atoms with Crippen molar-refractivity contribution in [3.05, 3.63) is 35.6 Å². The Bertz CT molecular complexity index is 450. The Morgan fingerprint density at radius 1 is 1.14 bits per heavy atom. The zero-order valence-electron chi connectivity index (χ0n) is 12.6. The fraction of sp³-hybridized carbons (Fsp3) is 0.562. The van der Waals surface area contributed by atoms with E-state index in [4.69, 9.17) is 4.74 Å². The van der Waals surface area contributed by atoms with Crippen molar-refractivity contribution in [2.45, 2.75) is 19.9 Å². The first-order valence-corrected chi connectivity index (χ1v) is 7.52. The van der Waals surface area contributed by atoms with E-state index in [2.05, 4.69) is 9.80 Å². The van der Waals surface area contributed by atoms with Crippen molar-refractivity contribution >= 4 is 5.97 Å². The number of carbonyl (C=O) groups excluding carboxylic acids is 1. The number of halogens is 1. The smallest absolute Gasteiger partial charge is 0.320 e. The van der Waals surface area contributed by atoms with Crippen molar-refractivity contribution < 1.29 is 13.9 Å². The average molecular weight is 294 g/mol. The fourth-order valence-corrected chi connectivity index (χ4v) is 2.58. The van der Waals surface area contributed by atoms with Gasteiger partial charge in [-0.2, -0.15) is 0 Å². The van der Waals surface area contributed by atoms with Gasteiger partial charge < -0.3 is 4.74 Å². The van der Waals surface area contributed by atoms with Gasteiger partial charge in [-0.05, 0) is 37.6 Å². The van der Waals surface area contributed by atoms with E-state index >= 15 is 0 Å². The van der Waals surface area contributed by atoms with Crippen LogP contribution in [-0.4, -0.2) is 55.1 Å². The summed E-state index contributed by atoms with van der Waals surface area (Å²) in [6.45, 7) is 7.14. The van der Waals surface area contributed by atoms with Gasteiger partial charge in [-0.25, -0.2) is 4.39 Å². The van der Waals surface area contributed by atoms with Crippen LogP contribution in [0.3, 0.4) is 0 Å². The van der Waals surface area contributed by atoms with Crippen LogP contribution >= 0.6 is 0 Å². The second-order valence-electron chi connectivity index (χ2n) is 5.34. The van der Waals surface area contributed by atoms with Crippen LogP contribution in [0, 0.1) is 5.82 Å². The van der Waals surface area contributed by atoms with E-state index in [1.54, 1.807) is 0 Å². The summed E-state index contributed by atoms with van der Waals surface area (Å²) in [5, 5.41) is 0. The molecule has 2 rings (SSSR count). The van der Waals surface area contributed by atoms with Crippen molar-refractivity contribution in [1.29, 1.82) is 0 Å². The molecule has 0 unspecified atom stereocenters. The summed E-state index contributed by atoms with van der Waals surface area (Å²) in [4.78, 5) is 16.0. The number of benzene rings is 1. The molecular weight excluding hydrogens is 271 g/mol. The first-order valence-electron chi connectivity index (χ1n) is 7.52. The van der Waals surface area contributed by atoms with Gasteiger partial charge in [0.1, 0.15) is 5.82 Å². The molecule has 0 saturated carbocycles. The molecule has 0 N–H and O–H groups in total. The van der Waals surface area contributed by atoms with E-state index in [0.717, 1.165) is 44.7 Å². The maximum Gasteiger partial charge on any atom is 0.320 e. The molecule has 1 aromatic rings. The lowest BCUT2D eigenvalue weighted by Gasteiger charge is -2.21. The van der Waals surface area contributed by atoms with E-state index in [1.165, 1.54) is 12.1 Å². The number of esters is 1. The van der Waals surface area contributed by atoms with E-state index in [0.29, 0.717) is 13.2 Å². The third-order valence-electron chi connectivity index (χ3n) is 3.66. The molecule has 1 heterocycles. The summed E-state index contributed by atoms with van der Waals surface area (Å²) in [6, 6.07) is 6.66. The van der Waals surface area contributed by atoms with Gasteiger partial charge in [-0.1, -0.05) is 12.1 Å². The lowest BCUT2D eigenvalue weighted by Crippen LogP contribution is -2.34. The van der Waals surface area contributed by atoms with Gasteiger partial charge in [0.25, 0.3) is 0 Å². The van der Waals surface area contributed by atoms with Crippen LogP contribution < -0.4 is 0 Å². The molecule has 1 fully saturated rings. The molecule has 0 aromatic heterocycles. The van der Waals surface area contributed by atoms with E-state index < -0.39 is 0 Å². The number of rotatable bonds is 5. The Kier molecular flexibility index (Phi) is 6.14. The van der Waals surface area contributed by atoms with Gasteiger partial charge in [0.2, 0.25) is 0 Å². The molecule has 0 radical (unpaired) electrons. The van der Waals surface area contributed by atoms with Gasteiger partial charge in [0.05, 0.1) is 13.2 Å². The Morgan fingerprint density at radius 3 is 2.52 bits per heavy atom. The maximum absolute atomic E-state index is 12.9. The molecule has 1 aromatic carbocycles. The van der Waals surface area contributed by atoms with E-state index in [-0.39, 0.29) is 11.8 Å². The van der Waals surface area contributed by atoms with Crippen LogP contribution in [-0.2, 0) is 16.1 Å². The first-order chi connectivity index (χ1) is 10.2. The number of nitrogens with zero attached hydrogens (tertiary/aromatic N) is 2. The summed E-state index contributed by atoms with van der Waals surface area (Å²) >= 11 is 0. The molecular formula is C16H23FN2O2. The van der Waals surface area contributed by atoms with Gasteiger partial charge in [0.15, 0.2) is 0 Å². The Morgan fingerprint density at radius 2 is 1.81 bits per heavy atom. The van der Waals surface area contributed by atoms with Crippen molar-refractivity contribution in [2.75, 3.05) is 39.3 Å². The third-order valence-corrected chi connectivity index (χ3v) is 3.66. The molecule has 1 aliphatic heterocycles. The molecule has 0 aliphatic carbocycles. The summed E-state index contributed by atoms with van der Waals surface area (Å²) in [5.74, 6) is -0.347. The second-order valence-corrected chi connectivity index (χ2v) is 5.34. The minimum Gasteiger partial charge on any atom is -0.465 e. The zero-order valence-corrected chi connectivity index (χ0v) is 12.6. The summed E-state index contributed by atoms with van der Waals surface area (Å²) in [5.41, 5.74) is 1.12. The molecule has 0 amide bonds. The topological polar surface area (TPSA) is 32.8 Å². The van der Waals surface area contributed by atoms with E-state index in [9.17, 15) is 9.18 Å². The molecule has 21 heavy (non-hydrogen) atoms. The SMILES string of the molecule is CCOC(=O)CN1CCCN(Cc2ccc(F)cc2)CC1. The summed E-state index contributed by atoms with van der Waals surface area (Å²) in [7, 11) is 0. The van der Waals surface area contributed by atoms with Gasteiger partial charge in [0, 0.05) is 26.2 Å². The van der Waals surface area contributed by atoms with Crippen LogP contribution in [0.25, 0.3) is 0 Å². The molecule has 0 atom stereocenters. The van der Waals surface area contributed by atoms with Crippen LogP contribution in [0.4, 0.5) is 4.39 Å². The Hall–Kier alpha value is -1.46. The normalized spacial score (nSPS) is 17.4. The molecule has 4 nitrogen and oxygen atoms in total. The predicted octanol–water partition coefficient (Wildman–Crippen LogP) is 1.90. The average Bonchev–Trinajstić information content (AvgIpc) is 2.67. The number of ether oxygens (including phenoxy) is 1. The number of hydrogen-bond donors (Lipinski definition) is 0. The molecule has 0 bridgehead atoms. The Labute approximate surface area is 125 Å². The standard InChI is InChI=1S/C16H23FN2O2/c1-2-21-16(20)13-19-9-3-8-18(10-11-19)12-14-4-6-15(17)7-5-14/h4-7H,2-3,8-13H2,1H3. The van der Waals surface area contributed by atoms with E-state index in [1.807, 2.05) is 19.1 Å². The molecule has 1 saturated heterocycles. The van der Waals surface area contributed by atoms with Crippen LogP contribution in [0.2, 0.25) is 0 Å². The highest BCUT2D eigenvalue weighted by molar-refractivity contribution is 5.71. The predicted molar refractivity (Wildman–Crippen MR) is 79.4 cm³/mol. The van der Waals surface area contributed by atoms with Crippen molar-refractivity contribution in [2.24, 2.45) is 0 Å². The van der Waals surface area contributed by atoms with Crippen LogP contribution in [0.1, 0.15) is 18.9 Å². The molecule has 5 heteroatoms. The lowest BCUT2D eigenvalue weighted by atomic mass is 10.2. The van der Waals surface area contributed by atoms with Gasteiger partial charge in [-0.15, -0.1) is 0 Å². The van der Waals surface area contributed by atoms with Crippen molar-refractivity contribution in [3.8, 4) is 0 Å². The maximum atomic E-state index is 12.9. The van der Waals surface area contributed by atoms with Crippen molar-refractivity contribution in [3.63, 3.8) is 0 Å². The lowest BCUT2D eigenvalue weighted by molar-refractivity contribution is -0.144. The summed E-state index contributed by atoms with van der Waals surface area (Å²) < 4.78 is 17.9. The van der Waals surface area contributed by atoms with Crippen LogP contribution in [0.5, 0.6) is 0 Å². The highest BCUT2D eigenvalue weighted by Crippen LogP contribution is 2.10. The largest absolute Gasteiger partial charge is 0.465 e. The molecule has 1 aliphatic rings. The van der Waals surface area contributed by atoms with Crippen molar-refractivity contribution in [1.82, 2.24) is 9.80 Å². The number of hydrogen-bond acceptors (Lipinski definition) is 4. The van der Waals surface area contributed by atoms with Gasteiger partial charge >= 0.3 is 5.97 Å². The minimum absolute atomic E-state index is 0.149. The Balaban J connectivity index is 1.80. The number of carbonyl (C=O) groups is 1. The second kappa shape index (κ2) is 8.10. The minimum atomic E-state index is -0.199. The highest BCUT2D eigenvalue weighted by atomic mass is 19.1. The summed E-state index contributed by atoms with van der Waals surface area (Å²) in [6.07, 6.45) is 1.03. The highest BCUT2D eigenvalue weighted by Gasteiger charge is 2.17. The first kappa shape index (κ1) is 15.9. The fourth-order valence-electron chi connectivity index (χ4n) is 2.58.